The van der Waals surface area contributed by atoms with Crippen molar-refractivity contribution in [1.82, 2.24) is 5.32 Å². The van der Waals surface area contributed by atoms with Crippen molar-refractivity contribution in [2.75, 3.05) is 40.9 Å². The molecule has 0 fully saturated rings. The number of quaternary nitrogens is 1. The van der Waals surface area contributed by atoms with E-state index in [0.717, 1.165) is 77.0 Å². The number of esters is 1. The monoisotopic (exact) mass is 1020 g/mol. The minimum atomic E-state index is -4.72. The first-order chi connectivity index (χ1) is 34.9. The van der Waals surface area contributed by atoms with E-state index in [4.69, 9.17) is 13.8 Å². The molecule has 3 atom stereocenters. The van der Waals surface area contributed by atoms with Gasteiger partial charge in [-0.15, -0.1) is 0 Å². The lowest BCUT2D eigenvalue weighted by molar-refractivity contribution is -0.870. The van der Waals surface area contributed by atoms with Crippen LogP contribution in [0.15, 0.2) is 109 Å². The highest BCUT2D eigenvalue weighted by molar-refractivity contribution is 7.45. The molecule has 0 heterocycles. The number of hydrogen-bond acceptors (Lipinski definition) is 7. The van der Waals surface area contributed by atoms with Crippen LogP contribution in [-0.4, -0.2) is 69.4 Å². The first kappa shape index (κ1) is 68.7. The number of likely N-dealkylation sites (N-methyl/N-ethyl adjacent to an activating group) is 1. The third-order valence-electron chi connectivity index (χ3n) is 12.1. The van der Waals surface area contributed by atoms with Gasteiger partial charge in [-0.05, 0) is 83.1 Å². The Hall–Kier alpha value is -3.33. The fraction of sp³-hybridized carbons (Fsp3) is 0.677. The maximum atomic E-state index is 13.5. The lowest BCUT2D eigenvalue weighted by atomic mass is 10.0. The molecule has 1 N–H and O–H groups in total. The highest BCUT2D eigenvalue weighted by atomic mass is 31.2. The Morgan fingerprint density at radius 3 is 1.49 bits per heavy atom. The number of allylic oxidation sites excluding steroid dienone is 17. The Balaban J connectivity index is 5.46. The number of amides is 1. The Bertz CT molecular complexity index is 1600. The van der Waals surface area contributed by atoms with E-state index in [-0.39, 0.29) is 31.3 Å². The summed E-state index contributed by atoms with van der Waals surface area (Å²) in [7, 11) is 1.13. The van der Waals surface area contributed by atoms with Gasteiger partial charge in [-0.1, -0.05) is 233 Å². The van der Waals surface area contributed by atoms with Crippen LogP contribution in [0, 0.1) is 0 Å². The number of ether oxygens (including phenoxy) is 1. The van der Waals surface area contributed by atoms with Crippen molar-refractivity contribution in [1.29, 1.82) is 0 Å². The van der Waals surface area contributed by atoms with Gasteiger partial charge < -0.3 is 28.5 Å². The number of nitrogens with one attached hydrogen (secondary N) is 1. The van der Waals surface area contributed by atoms with E-state index < -0.39 is 26.6 Å². The van der Waals surface area contributed by atoms with Crippen LogP contribution in [-0.2, 0) is 27.9 Å². The summed E-state index contributed by atoms with van der Waals surface area (Å²) < 4.78 is 30.2. The molecule has 3 unspecified atom stereocenters. The Morgan fingerprint density at radius 2 is 0.944 bits per heavy atom. The molecule has 0 rings (SSSR count). The molecule has 0 bridgehead atoms. The molecule has 0 aliphatic carbocycles. The number of unbranched alkanes of at least 4 members (excludes halogenated alkanes) is 23. The average molecular weight is 1020 g/mol. The molecular weight excluding hydrogens is 916 g/mol. The van der Waals surface area contributed by atoms with Crippen molar-refractivity contribution in [3.8, 4) is 0 Å². The third-order valence-corrected chi connectivity index (χ3v) is 13.1. The quantitative estimate of drug-likeness (QED) is 0.0161. The van der Waals surface area contributed by atoms with Crippen LogP contribution in [0.4, 0.5) is 0 Å². The second-order valence-corrected chi connectivity index (χ2v) is 21.6. The molecule has 412 valence electrons. The zero-order chi connectivity index (χ0) is 52.9. The SMILES string of the molecule is CC\C=C/C=C/C=C/C=C\C=C\C=C\CCCCCC(=O)NC(COP(=O)([O-])OCC[N+](C)(C)C)C(/C=C/CCCCCCCCCCCC)OC(=O)CCCCCCCCC/C=C\C/C=C\CCCCC. The van der Waals surface area contributed by atoms with Crippen molar-refractivity contribution in [3.63, 3.8) is 0 Å². The molecule has 0 aromatic rings. The predicted octanol–water partition coefficient (Wildman–Crippen LogP) is 16.7. The molecule has 0 spiro atoms. The highest BCUT2D eigenvalue weighted by Gasteiger charge is 2.27. The van der Waals surface area contributed by atoms with Gasteiger partial charge in [0.2, 0.25) is 5.91 Å². The number of nitrogens with zero attached hydrogens (tertiary/aromatic N) is 1. The molecule has 0 aromatic carbocycles. The van der Waals surface area contributed by atoms with Gasteiger partial charge in [0.1, 0.15) is 19.3 Å². The summed E-state index contributed by atoms with van der Waals surface area (Å²) in [5, 5.41) is 2.99. The van der Waals surface area contributed by atoms with Crippen LogP contribution >= 0.6 is 7.82 Å². The first-order valence-corrected chi connectivity index (χ1v) is 30.2. The fourth-order valence-electron chi connectivity index (χ4n) is 7.64. The number of phosphoric acid groups is 1. The largest absolute Gasteiger partial charge is 0.756 e. The minimum absolute atomic E-state index is 0.0388. The van der Waals surface area contributed by atoms with Gasteiger partial charge in [-0.2, -0.15) is 0 Å². The van der Waals surface area contributed by atoms with Crippen LogP contribution < -0.4 is 10.2 Å². The lowest BCUT2D eigenvalue weighted by Crippen LogP contribution is -2.47. The van der Waals surface area contributed by atoms with Crippen LogP contribution in [0.5, 0.6) is 0 Å². The van der Waals surface area contributed by atoms with Crippen molar-refractivity contribution in [2.45, 2.75) is 232 Å². The summed E-state index contributed by atoms with van der Waals surface area (Å²) >= 11 is 0. The normalized spacial score (nSPS) is 14.6. The molecule has 10 heteroatoms. The van der Waals surface area contributed by atoms with Gasteiger partial charge in [-0.25, -0.2) is 0 Å². The third kappa shape index (κ3) is 51.6. The van der Waals surface area contributed by atoms with Crippen LogP contribution in [0.2, 0.25) is 0 Å². The number of hydrogen-bond donors (Lipinski definition) is 1. The number of rotatable bonds is 50. The van der Waals surface area contributed by atoms with Gasteiger partial charge in [0.25, 0.3) is 7.82 Å². The highest BCUT2D eigenvalue weighted by Crippen LogP contribution is 2.38. The molecule has 1 amide bonds. The Labute approximate surface area is 442 Å². The van der Waals surface area contributed by atoms with Crippen molar-refractivity contribution in [2.24, 2.45) is 0 Å². The summed E-state index contributed by atoms with van der Waals surface area (Å²) in [6, 6.07) is -0.921. The Morgan fingerprint density at radius 1 is 0.514 bits per heavy atom. The molecule has 0 aromatic heterocycles. The van der Waals surface area contributed by atoms with Crippen molar-refractivity contribution < 1.29 is 37.3 Å². The van der Waals surface area contributed by atoms with E-state index in [9.17, 15) is 19.0 Å². The number of carbonyl (C=O) groups excluding carboxylic acids is 2. The van der Waals surface area contributed by atoms with Gasteiger partial charge in [0.15, 0.2) is 0 Å². The minimum Gasteiger partial charge on any atom is -0.756 e. The van der Waals surface area contributed by atoms with Crippen molar-refractivity contribution >= 4 is 19.7 Å². The fourth-order valence-corrected chi connectivity index (χ4v) is 8.36. The molecule has 0 saturated heterocycles. The van der Waals surface area contributed by atoms with E-state index in [1.54, 1.807) is 0 Å². The second-order valence-electron chi connectivity index (χ2n) is 20.2. The standard InChI is InChI=1S/C62H107N2O7P/c1-7-10-13-16-19-22-25-28-30-32-34-36-39-42-45-48-51-54-61(65)63-59(58-70-72(67,68)69-57-56-64(4,5)6)60(53-50-47-44-41-38-27-24-21-18-15-12-9-3)71-62(66)55-52-49-46-43-40-37-35-33-31-29-26-23-20-17-14-11-8-2/h10,13,16,19-20,22-23,25,28-32,34,36,39,50,53,59-60H,7-9,11-12,14-15,17-18,21,24,26-27,33,35,37-38,40-49,51-52,54-58H2,1-6H3,(H-,63,65,67,68)/b13-10-,19-16+,23-20-,25-22+,30-28-,31-29-,34-32+,39-36+,53-50+. The molecular formula is C62H107N2O7P. The topological polar surface area (TPSA) is 114 Å². The smallest absolute Gasteiger partial charge is 0.306 e. The van der Waals surface area contributed by atoms with E-state index in [1.165, 1.54) is 96.3 Å². The average Bonchev–Trinajstić information content (AvgIpc) is 3.34. The van der Waals surface area contributed by atoms with Crippen LogP contribution in [0.25, 0.3) is 0 Å². The van der Waals surface area contributed by atoms with E-state index in [0.29, 0.717) is 23.9 Å². The van der Waals surface area contributed by atoms with E-state index in [1.807, 2.05) is 94.1 Å². The molecule has 0 radical (unpaired) electrons. The van der Waals surface area contributed by atoms with Gasteiger partial charge >= 0.3 is 5.97 Å². The van der Waals surface area contributed by atoms with E-state index >= 15 is 0 Å². The molecule has 0 aliphatic rings. The predicted molar refractivity (Wildman–Crippen MR) is 307 cm³/mol. The first-order valence-electron chi connectivity index (χ1n) is 28.8. The van der Waals surface area contributed by atoms with E-state index in [2.05, 4.69) is 62.5 Å². The maximum Gasteiger partial charge on any atom is 0.306 e. The van der Waals surface area contributed by atoms with Gasteiger partial charge in [0, 0.05) is 12.8 Å². The summed E-state index contributed by atoms with van der Waals surface area (Å²) in [4.78, 5) is 39.9. The van der Waals surface area contributed by atoms with Gasteiger partial charge in [-0.3, -0.25) is 14.2 Å². The van der Waals surface area contributed by atoms with Gasteiger partial charge in [0.05, 0.1) is 33.8 Å². The lowest BCUT2D eigenvalue weighted by Gasteiger charge is -2.30. The van der Waals surface area contributed by atoms with Crippen LogP contribution in [0.1, 0.15) is 220 Å². The Kier molecular flexibility index (Phi) is 48.8. The van der Waals surface area contributed by atoms with Crippen LogP contribution in [0.3, 0.4) is 0 Å². The van der Waals surface area contributed by atoms with Crippen molar-refractivity contribution in [3.05, 3.63) is 109 Å². The summed E-state index contributed by atoms with van der Waals surface area (Å²) in [5.74, 6) is -0.609. The maximum absolute atomic E-state index is 13.5. The molecule has 0 aliphatic heterocycles. The zero-order valence-corrected chi connectivity index (χ0v) is 47.7. The summed E-state index contributed by atoms with van der Waals surface area (Å²) in [6.45, 7) is 6.61. The zero-order valence-electron chi connectivity index (χ0n) is 46.8. The number of phosphoric ester groups is 1. The summed E-state index contributed by atoms with van der Waals surface area (Å²) in [6.07, 6.45) is 69.0. The molecule has 0 saturated carbocycles. The summed E-state index contributed by atoms with van der Waals surface area (Å²) in [5.41, 5.74) is 0. The molecule has 9 nitrogen and oxygen atoms in total. The second kappa shape index (κ2) is 51.2. The molecule has 72 heavy (non-hydrogen) atoms. The number of carbonyl (C=O) groups is 2.